The van der Waals surface area contributed by atoms with Gasteiger partial charge in [-0.15, -0.1) is 0 Å². The van der Waals surface area contributed by atoms with Gasteiger partial charge in [-0.05, 0) is 36.4 Å². The van der Waals surface area contributed by atoms with Gasteiger partial charge < -0.3 is 0 Å². The fourth-order valence-electron chi connectivity index (χ4n) is 3.43. The minimum absolute atomic E-state index is 0. The largest absolute Gasteiger partial charge is 0.256 e. The van der Waals surface area contributed by atoms with Gasteiger partial charge in [-0.2, -0.15) is 9.90 Å². The maximum Gasteiger partial charge on any atom is 0.0701 e. The van der Waals surface area contributed by atoms with Crippen molar-refractivity contribution in [3.8, 4) is 33.8 Å². The van der Waals surface area contributed by atoms with Crippen molar-refractivity contribution in [1.82, 2.24) is 15.0 Å². The smallest absolute Gasteiger partial charge is 0.0701 e. The van der Waals surface area contributed by atoms with Crippen molar-refractivity contribution in [2.45, 2.75) is 0 Å². The topological polar surface area (TPSA) is 38.7 Å². The number of benzene rings is 3. The number of pyridine rings is 3. The summed E-state index contributed by atoms with van der Waals surface area (Å²) in [6.45, 7) is 0. The molecule has 0 N–H and O–H groups in total. The molecule has 1 radical (unpaired) electrons. The van der Waals surface area contributed by atoms with Gasteiger partial charge in [0.15, 0.2) is 0 Å². The molecular weight excluding hydrogens is 662 g/mol. The zero-order chi connectivity index (χ0) is 24.7. The van der Waals surface area contributed by atoms with E-state index in [1.54, 1.807) is 0 Å². The molecule has 38 heavy (non-hydrogen) atoms. The van der Waals surface area contributed by atoms with Gasteiger partial charge in [0.05, 0.1) is 17.1 Å². The number of aromatic nitrogens is 3. The van der Waals surface area contributed by atoms with Gasteiger partial charge in [0.1, 0.15) is 0 Å². The van der Waals surface area contributed by atoms with Gasteiger partial charge in [0.25, 0.3) is 0 Å². The molecule has 0 spiro atoms. The predicted octanol–water partition coefficient (Wildman–Crippen LogP) is 8.30. The molecule has 5 heteroatoms. The van der Waals surface area contributed by atoms with Crippen LogP contribution >= 0.6 is 9.90 Å². The van der Waals surface area contributed by atoms with Crippen LogP contribution in [0.5, 0.6) is 0 Å². The molecule has 1 unspecified atom stereocenters. The second-order valence-electron chi connectivity index (χ2n) is 7.74. The summed E-state index contributed by atoms with van der Waals surface area (Å²) < 4.78 is 0. The quantitative estimate of drug-likeness (QED) is 0.175. The molecule has 0 aliphatic rings. The summed E-state index contributed by atoms with van der Waals surface area (Å²) in [5.74, 6) is 0. The Labute approximate surface area is 242 Å². The zero-order valence-corrected chi connectivity index (χ0v) is 24.8. The van der Waals surface area contributed by atoms with Crippen LogP contribution in [0.2, 0.25) is 0 Å². The first-order valence-electron chi connectivity index (χ1n) is 11.8. The van der Waals surface area contributed by atoms with Crippen molar-refractivity contribution in [1.29, 1.82) is 0 Å². The van der Waals surface area contributed by atoms with Crippen LogP contribution in [0.15, 0.2) is 164 Å². The van der Waals surface area contributed by atoms with Gasteiger partial charge in [0.2, 0.25) is 0 Å². The van der Waals surface area contributed by atoms with E-state index in [0.717, 1.165) is 33.8 Å². The van der Waals surface area contributed by atoms with E-state index in [1.807, 2.05) is 128 Å². The molecule has 3 nitrogen and oxygen atoms in total. The molecule has 191 valence electrons. The van der Waals surface area contributed by atoms with Crippen molar-refractivity contribution in [2.24, 2.45) is 0 Å². The van der Waals surface area contributed by atoms with Crippen LogP contribution in [0.3, 0.4) is 0 Å². The first kappa shape index (κ1) is 30.4. The Morgan fingerprint density at radius 1 is 0.289 bits per heavy atom. The first-order chi connectivity index (χ1) is 17.9. The SMILES string of the molecule is P.[Ir].c1ccc(-c2ccccn2)cc1.c1ccc(-c2ccccn2)cc1.c1ccc(-c2ccccn2)cc1. The van der Waals surface area contributed by atoms with Gasteiger partial charge in [-0.3, -0.25) is 15.0 Å². The maximum atomic E-state index is 4.25. The molecule has 3 heterocycles. The van der Waals surface area contributed by atoms with Gasteiger partial charge in [-0.25, -0.2) is 0 Å². The normalized spacial score (nSPS) is 9.16. The Balaban J connectivity index is 0.000000195. The number of nitrogens with zero attached hydrogens (tertiary/aromatic N) is 3. The van der Waals surface area contributed by atoms with E-state index >= 15 is 0 Å². The third kappa shape index (κ3) is 9.92. The van der Waals surface area contributed by atoms with E-state index in [4.69, 9.17) is 0 Å². The molecule has 0 aliphatic heterocycles. The fourth-order valence-corrected chi connectivity index (χ4v) is 3.43. The second-order valence-corrected chi connectivity index (χ2v) is 7.74. The minimum Gasteiger partial charge on any atom is -0.256 e. The van der Waals surface area contributed by atoms with Crippen molar-refractivity contribution in [3.05, 3.63) is 164 Å². The molecule has 6 rings (SSSR count). The van der Waals surface area contributed by atoms with Crippen LogP contribution in [0, 0.1) is 0 Å². The van der Waals surface area contributed by atoms with Crippen LogP contribution in [0.25, 0.3) is 33.8 Å². The third-order valence-electron chi connectivity index (χ3n) is 5.20. The molecule has 1 atom stereocenters. The van der Waals surface area contributed by atoms with Crippen molar-refractivity contribution in [2.75, 3.05) is 0 Å². The Morgan fingerprint density at radius 3 is 0.737 bits per heavy atom. The Hall–Kier alpha value is -3.81. The molecule has 3 aromatic carbocycles. The predicted molar refractivity (Wildman–Crippen MR) is 160 cm³/mol. The summed E-state index contributed by atoms with van der Waals surface area (Å²) >= 11 is 0. The molecule has 0 saturated heterocycles. The average Bonchev–Trinajstić information content (AvgIpc) is 3.01. The zero-order valence-electron chi connectivity index (χ0n) is 21.0. The summed E-state index contributed by atoms with van der Waals surface area (Å²) in [6.07, 6.45) is 5.42. The van der Waals surface area contributed by atoms with E-state index in [-0.39, 0.29) is 30.0 Å². The first-order valence-corrected chi connectivity index (χ1v) is 11.8. The van der Waals surface area contributed by atoms with Gasteiger partial charge in [-0.1, -0.05) is 109 Å². The van der Waals surface area contributed by atoms with Crippen LogP contribution in [0.1, 0.15) is 0 Å². The molecule has 0 fully saturated rings. The van der Waals surface area contributed by atoms with E-state index in [2.05, 4.69) is 51.4 Å². The molecule has 0 bridgehead atoms. The van der Waals surface area contributed by atoms with Crippen LogP contribution in [-0.2, 0) is 20.1 Å². The summed E-state index contributed by atoms with van der Waals surface area (Å²) in [5.41, 5.74) is 6.57. The number of rotatable bonds is 3. The Bertz CT molecular complexity index is 1100. The minimum atomic E-state index is 0. The third-order valence-corrected chi connectivity index (χ3v) is 5.20. The van der Waals surface area contributed by atoms with Crippen molar-refractivity contribution < 1.29 is 20.1 Å². The van der Waals surface area contributed by atoms with Crippen LogP contribution in [-0.4, -0.2) is 15.0 Å². The maximum absolute atomic E-state index is 4.25. The summed E-state index contributed by atoms with van der Waals surface area (Å²) in [7, 11) is 0. The number of hydrogen-bond acceptors (Lipinski definition) is 3. The van der Waals surface area contributed by atoms with Crippen molar-refractivity contribution in [3.63, 3.8) is 0 Å². The summed E-state index contributed by atoms with van der Waals surface area (Å²) in [4.78, 5) is 12.7. The second kappa shape index (κ2) is 17.6. The van der Waals surface area contributed by atoms with Gasteiger partial charge >= 0.3 is 0 Å². The van der Waals surface area contributed by atoms with Crippen molar-refractivity contribution >= 4 is 9.90 Å². The molecule has 6 aromatic rings. The average molecular weight is 692 g/mol. The summed E-state index contributed by atoms with van der Waals surface area (Å²) in [6, 6.07) is 48.3. The monoisotopic (exact) mass is 692 g/mol. The Morgan fingerprint density at radius 2 is 0.526 bits per heavy atom. The van der Waals surface area contributed by atoms with E-state index in [9.17, 15) is 0 Å². The standard InChI is InChI=1S/3C11H9N.Ir.H3P/c3*1-2-6-10(7-3-1)11-8-4-5-9-12-11;;/h3*1-9H;;1H3. The van der Waals surface area contributed by atoms with E-state index < -0.39 is 0 Å². The van der Waals surface area contributed by atoms with Crippen LogP contribution < -0.4 is 0 Å². The fraction of sp³-hybridized carbons (Fsp3) is 0. The molecule has 0 saturated carbocycles. The molecule has 0 amide bonds. The molecular formula is C33H30IrN3P. The van der Waals surface area contributed by atoms with Gasteiger partial charge in [0, 0.05) is 55.4 Å². The molecule has 0 aliphatic carbocycles. The summed E-state index contributed by atoms with van der Waals surface area (Å²) in [5, 5.41) is 0. The van der Waals surface area contributed by atoms with E-state index in [0.29, 0.717) is 0 Å². The van der Waals surface area contributed by atoms with E-state index in [1.165, 1.54) is 0 Å². The number of hydrogen-bond donors (Lipinski definition) is 0. The molecule has 3 aromatic heterocycles. The Kier molecular flexibility index (Phi) is 14.1. The van der Waals surface area contributed by atoms with Crippen LogP contribution in [0.4, 0.5) is 0 Å².